The number of nitrogens with one attached hydrogen (secondary N) is 3. The molecule has 1 heterocycles. The number of aryl methyl sites for hydroxylation is 2. The molecule has 8 nitrogen and oxygen atoms in total. The van der Waals surface area contributed by atoms with Crippen LogP contribution in [0.5, 0.6) is 11.5 Å². The highest BCUT2D eigenvalue weighted by atomic mass is 16.5. The van der Waals surface area contributed by atoms with Crippen molar-refractivity contribution in [3.8, 4) is 11.5 Å². The summed E-state index contributed by atoms with van der Waals surface area (Å²) in [6, 6.07) is 11.0. The summed E-state index contributed by atoms with van der Waals surface area (Å²) in [7, 11) is 4.80. The Balaban J connectivity index is 1.90. The molecule has 3 aromatic rings. The summed E-state index contributed by atoms with van der Waals surface area (Å²) in [6.07, 6.45) is 1.72. The highest BCUT2D eigenvalue weighted by molar-refractivity contribution is 6.00. The third-order valence-electron chi connectivity index (χ3n) is 4.54. The van der Waals surface area contributed by atoms with E-state index in [-0.39, 0.29) is 5.91 Å². The minimum Gasteiger partial charge on any atom is -0.493 e. The fraction of sp³-hybridized carbons (Fsp3) is 0.227. The topological polar surface area (TPSA) is 97.4 Å². The first-order chi connectivity index (χ1) is 14.5. The lowest BCUT2D eigenvalue weighted by atomic mass is 10.1. The van der Waals surface area contributed by atoms with Gasteiger partial charge in [-0.2, -0.15) is 4.98 Å². The van der Waals surface area contributed by atoms with Crippen LogP contribution < -0.4 is 25.4 Å². The Kier molecular flexibility index (Phi) is 6.36. The van der Waals surface area contributed by atoms with E-state index in [1.54, 1.807) is 33.5 Å². The van der Waals surface area contributed by atoms with Gasteiger partial charge in [-0.05, 0) is 37.6 Å². The molecule has 0 saturated heterocycles. The van der Waals surface area contributed by atoms with Crippen LogP contribution in [0.15, 0.2) is 42.6 Å². The van der Waals surface area contributed by atoms with Gasteiger partial charge in [0.2, 0.25) is 5.95 Å². The van der Waals surface area contributed by atoms with Crippen molar-refractivity contribution in [2.45, 2.75) is 13.8 Å². The maximum Gasteiger partial charge on any atom is 0.253 e. The van der Waals surface area contributed by atoms with E-state index >= 15 is 0 Å². The summed E-state index contributed by atoms with van der Waals surface area (Å²) in [5.41, 5.74) is 3.72. The molecule has 0 bridgehead atoms. The van der Waals surface area contributed by atoms with E-state index in [1.165, 1.54) is 0 Å². The van der Waals surface area contributed by atoms with E-state index in [4.69, 9.17) is 9.47 Å². The van der Waals surface area contributed by atoms with E-state index in [2.05, 4.69) is 25.9 Å². The SMILES string of the molecule is CNC(=O)c1ccccc1Nc1nc(Nc2cc(C)c(OC)c(OC)c2)ncc1C. The van der Waals surface area contributed by atoms with Crippen molar-refractivity contribution in [1.82, 2.24) is 15.3 Å². The summed E-state index contributed by atoms with van der Waals surface area (Å²) in [6.45, 7) is 3.83. The average Bonchev–Trinajstić information content (AvgIpc) is 2.75. The van der Waals surface area contributed by atoms with Crippen LogP contribution in [0.25, 0.3) is 0 Å². The highest BCUT2D eigenvalue weighted by Crippen LogP contribution is 2.35. The summed E-state index contributed by atoms with van der Waals surface area (Å²) in [5.74, 6) is 2.13. The number of amides is 1. The number of aromatic nitrogens is 2. The Bertz CT molecular complexity index is 1070. The predicted octanol–water partition coefficient (Wildman–Crippen LogP) is 3.96. The van der Waals surface area contributed by atoms with Crippen LogP contribution in [0.1, 0.15) is 21.5 Å². The molecule has 0 fully saturated rings. The lowest BCUT2D eigenvalue weighted by Crippen LogP contribution is -2.19. The van der Waals surface area contributed by atoms with Crippen molar-refractivity contribution in [2.75, 3.05) is 31.9 Å². The second-order valence-electron chi connectivity index (χ2n) is 6.63. The van der Waals surface area contributed by atoms with Gasteiger partial charge in [-0.3, -0.25) is 4.79 Å². The Hall–Kier alpha value is -3.81. The standard InChI is InChI=1S/C22H25N5O3/c1-13-10-15(11-18(29-4)19(13)30-5)25-22-24-12-14(2)20(27-22)26-17-9-7-6-8-16(17)21(28)23-3/h6-12H,1-5H3,(H,23,28)(H2,24,25,26,27). The number of methoxy groups -OCH3 is 2. The van der Waals surface area contributed by atoms with Gasteiger partial charge in [-0.1, -0.05) is 12.1 Å². The Labute approximate surface area is 175 Å². The minimum atomic E-state index is -0.177. The van der Waals surface area contributed by atoms with Crippen LogP contribution in [0, 0.1) is 13.8 Å². The molecule has 0 saturated carbocycles. The van der Waals surface area contributed by atoms with Crippen molar-refractivity contribution >= 4 is 29.0 Å². The summed E-state index contributed by atoms with van der Waals surface area (Å²) < 4.78 is 10.8. The van der Waals surface area contributed by atoms with Crippen LogP contribution in [0.2, 0.25) is 0 Å². The molecule has 0 aliphatic carbocycles. The first kappa shape index (κ1) is 20.9. The van der Waals surface area contributed by atoms with Gasteiger partial charge in [0, 0.05) is 30.6 Å². The van der Waals surface area contributed by atoms with E-state index in [0.29, 0.717) is 34.5 Å². The van der Waals surface area contributed by atoms with Crippen molar-refractivity contribution in [3.63, 3.8) is 0 Å². The number of carbonyl (C=O) groups excluding carboxylic acids is 1. The quantitative estimate of drug-likeness (QED) is 0.545. The molecule has 0 atom stereocenters. The summed E-state index contributed by atoms with van der Waals surface area (Å²) >= 11 is 0. The molecule has 1 amide bonds. The van der Waals surface area contributed by atoms with Gasteiger partial charge in [-0.25, -0.2) is 4.98 Å². The zero-order valence-electron chi connectivity index (χ0n) is 17.7. The van der Waals surface area contributed by atoms with Crippen LogP contribution >= 0.6 is 0 Å². The van der Waals surface area contributed by atoms with Gasteiger partial charge < -0.3 is 25.4 Å². The van der Waals surface area contributed by atoms with E-state index in [0.717, 1.165) is 16.8 Å². The number of hydrogen-bond acceptors (Lipinski definition) is 7. The van der Waals surface area contributed by atoms with Crippen molar-refractivity contribution < 1.29 is 14.3 Å². The second-order valence-corrected chi connectivity index (χ2v) is 6.63. The number of para-hydroxylation sites is 1. The predicted molar refractivity (Wildman–Crippen MR) is 117 cm³/mol. The Morgan fingerprint density at radius 1 is 1.00 bits per heavy atom. The molecule has 0 aliphatic rings. The normalized spacial score (nSPS) is 10.3. The lowest BCUT2D eigenvalue weighted by Gasteiger charge is -2.15. The van der Waals surface area contributed by atoms with Crippen LogP contribution in [0.3, 0.4) is 0 Å². The van der Waals surface area contributed by atoms with Gasteiger partial charge in [-0.15, -0.1) is 0 Å². The van der Waals surface area contributed by atoms with Gasteiger partial charge in [0.25, 0.3) is 5.91 Å². The first-order valence-electron chi connectivity index (χ1n) is 9.38. The fourth-order valence-electron chi connectivity index (χ4n) is 3.04. The molecule has 8 heteroatoms. The summed E-state index contributed by atoms with van der Waals surface area (Å²) in [5, 5.41) is 9.08. The average molecular weight is 407 g/mol. The van der Waals surface area contributed by atoms with Crippen molar-refractivity contribution in [1.29, 1.82) is 0 Å². The third kappa shape index (κ3) is 4.43. The van der Waals surface area contributed by atoms with Gasteiger partial charge in [0.15, 0.2) is 11.5 Å². The zero-order valence-corrected chi connectivity index (χ0v) is 17.7. The number of anilines is 4. The smallest absolute Gasteiger partial charge is 0.253 e. The van der Waals surface area contributed by atoms with Crippen LogP contribution in [0.4, 0.5) is 23.1 Å². The Morgan fingerprint density at radius 3 is 2.47 bits per heavy atom. The van der Waals surface area contributed by atoms with Crippen LogP contribution in [-0.2, 0) is 0 Å². The zero-order chi connectivity index (χ0) is 21.7. The number of benzene rings is 2. The van der Waals surface area contributed by atoms with Crippen LogP contribution in [-0.4, -0.2) is 37.1 Å². The number of ether oxygens (including phenoxy) is 2. The molecule has 2 aromatic carbocycles. The molecule has 3 N–H and O–H groups in total. The second kappa shape index (κ2) is 9.13. The molecule has 0 spiro atoms. The number of rotatable bonds is 7. The van der Waals surface area contributed by atoms with Gasteiger partial charge in [0.1, 0.15) is 5.82 Å². The number of carbonyl (C=O) groups is 1. The largest absolute Gasteiger partial charge is 0.493 e. The summed E-state index contributed by atoms with van der Waals surface area (Å²) in [4.78, 5) is 21.1. The monoisotopic (exact) mass is 407 g/mol. The van der Waals surface area contributed by atoms with Crippen molar-refractivity contribution in [3.05, 3.63) is 59.3 Å². The highest BCUT2D eigenvalue weighted by Gasteiger charge is 2.13. The molecule has 0 unspecified atom stereocenters. The molecule has 156 valence electrons. The van der Waals surface area contributed by atoms with Crippen molar-refractivity contribution in [2.24, 2.45) is 0 Å². The minimum absolute atomic E-state index is 0.177. The first-order valence-corrected chi connectivity index (χ1v) is 9.38. The Morgan fingerprint density at radius 2 is 1.77 bits per heavy atom. The molecule has 1 aromatic heterocycles. The number of hydrogen-bond donors (Lipinski definition) is 3. The van der Waals surface area contributed by atoms with E-state index < -0.39 is 0 Å². The third-order valence-corrected chi connectivity index (χ3v) is 4.54. The van der Waals surface area contributed by atoms with E-state index in [9.17, 15) is 4.79 Å². The maximum absolute atomic E-state index is 12.1. The van der Waals surface area contributed by atoms with Gasteiger partial charge >= 0.3 is 0 Å². The molecular weight excluding hydrogens is 382 g/mol. The molecular formula is C22H25N5O3. The number of nitrogens with zero attached hydrogens (tertiary/aromatic N) is 2. The lowest BCUT2D eigenvalue weighted by molar-refractivity contribution is 0.0964. The molecule has 0 radical (unpaired) electrons. The van der Waals surface area contributed by atoms with E-state index in [1.807, 2.05) is 44.2 Å². The fourth-order valence-corrected chi connectivity index (χ4v) is 3.04. The molecule has 30 heavy (non-hydrogen) atoms. The molecule has 3 rings (SSSR count). The maximum atomic E-state index is 12.1. The van der Waals surface area contributed by atoms with Gasteiger partial charge in [0.05, 0.1) is 25.5 Å². The molecule has 0 aliphatic heterocycles.